The molecule has 0 radical (unpaired) electrons. The predicted molar refractivity (Wildman–Crippen MR) is 70.4 cm³/mol. The quantitative estimate of drug-likeness (QED) is 0.846. The van der Waals surface area contributed by atoms with Gasteiger partial charge in [-0.2, -0.15) is 0 Å². The van der Waals surface area contributed by atoms with Crippen LogP contribution in [0.2, 0.25) is 0 Å². The fourth-order valence-corrected chi connectivity index (χ4v) is 2.60. The summed E-state index contributed by atoms with van der Waals surface area (Å²) >= 11 is 0. The van der Waals surface area contributed by atoms with Gasteiger partial charge in [0.1, 0.15) is 0 Å². The largest absolute Gasteiger partial charge is 0.311 e. The summed E-state index contributed by atoms with van der Waals surface area (Å²) < 4.78 is 0. The number of likely N-dealkylation sites (N-methyl/N-ethyl adjacent to an activating group) is 1. The molecule has 1 aliphatic heterocycles. The van der Waals surface area contributed by atoms with Crippen LogP contribution in [0.1, 0.15) is 24.0 Å². The zero-order valence-corrected chi connectivity index (χ0v) is 10.8. The number of carbonyl (C=O) groups excluding carboxylic acids is 1. The van der Waals surface area contributed by atoms with Gasteiger partial charge in [-0.1, -0.05) is 18.2 Å². The lowest BCUT2D eigenvalue weighted by Crippen LogP contribution is -2.50. The second kappa shape index (κ2) is 4.88. The molecule has 0 spiro atoms. The van der Waals surface area contributed by atoms with Gasteiger partial charge >= 0.3 is 0 Å². The molecule has 2 rings (SSSR count). The molecule has 1 heterocycles. The first-order valence-electron chi connectivity index (χ1n) is 6.20. The summed E-state index contributed by atoms with van der Waals surface area (Å²) in [6.07, 6.45) is 2.00. The molecule has 3 heteroatoms. The van der Waals surface area contributed by atoms with E-state index in [9.17, 15) is 4.79 Å². The van der Waals surface area contributed by atoms with E-state index in [-0.39, 0.29) is 11.9 Å². The number of nitrogens with zero attached hydrogens (tertiary/aromatic N) is 1. The summed E-state index contributed by atoms with van der Waals surface area (Å²) in [7, 11) is 1.86. The Morgan fingerprint density at radius 2 is 1.94 bits per heavy atom. The summed E-state index contributed by atoms with van der Waals surface area (Å²) in [4.78, 5) is 14.3. The van der Waals surface area contributed by atoms with Crippen LogP contribution in [0.4, 0.5) is 5.69 Å². The zero-order valence-electron chi connectivity index (χ0n) is 10.8. The fraction of sp³-hybridized carbons (Fsp3) is 0.500. The maximum atomic E-state index is 12.3. The molecular formula is C14H20N2O. The highest BCUT2D eigenvalue weighted by Gasteiger charge is 2.29. The number of hydrogen-bond acceptors (Lipinski definition) is 2. The molecule has 3 nitrogen and oxygen atoms in total. The van der Waals surface area contributed by atoms with Crippen LogP contribution in [0.15, 0.2) is 18.2 Å². The standard InChI is InChI=1S/C14H20N2O/c1-10-6-4-7-11(2)13(10)16-9-5-8-12(15-3)14(16)17/h4,6-7,12,15H,5,8-9H2,1-3H3. The lowest BCUT2D eigenvalue weighted by Gasteiger charge is -2.34. The van der Waals surface area contributed by atoms with E-state index in [2.05, 4.69) is 31.3 Å². The molecule has 0 aromatic heterocycles. The molecule has 1 saturated heterocycles. The Balaban J connectivity index is 2.36. The highest BCUT2D eigenvalue weighted by Crippen LogP contribution is 2.28. The van der Waals surface area contributed by atoms with Crippen molar-refractivity contribution in [2.75, 3.05) is 18.5 Å². The zero-order chi connectivity index (χ0) is 12.4. The highest BCUT2D eigenvalue weighted by atomic mass is 16.2. The van der Waals surface area contributed by atoms with E-state index in [1.807, 2.05) is 18.0 Å². The first kappa shape index (κ1) is 12.1. The van der Waals surface area contributed by atoms with Crippen molar-refractivity contribution < 1.29 is 4.79 Å². The minimum Gasteiger partial charge on any atom is -0.311 e. The summed E-state index contributed by atoms with van der Waals surface area (Å²) in [6.45, 7) is 4.97. The van der Waals surface area contributed by atoms with Gasteiger partial charge in [-0.3, -0.25) is 4.79 Å². The van der Waals surface area contributed by atoms with Crippen molar-refractivity contribution in [3.8, 4) is 0 Å². The van der Waals surface area contributed by atoms with E-state index in [0.717, 1.165) is 25.1 Å². The SMILES string of the molecule is CNC1CCCN(c2c(C)cccc2C)C1=O. The molecule has 1 fully saturated rings. The number of carbonyl (C=O) groups is 1. The maximum Gasteiger partial charge on any atom is 0.244 e. The Kier molecular flexibility index (Phi) is 3.48. The molecule has 0 bridgehead atoms. The molecule has 1 atom stereocenters. The molecule has 1 aromatic carbocycles. The Labute approximate surface area is 103 Å². The van der Waals surface area contributed by atoms with Crippen LogP contribution in [0.5, 0.6) is 0 Å². The van der Waals surface area contributed by atoms with E-state index in [4.69, 9.17) is 0 Å². The van der Waals surface area contributed by atoms with Gasteiger partial charge in [-0.05, 0) is 44.9 Å². The van der Waals surface area contributed by atoms with Crippen molar-refractivity contribution >= 4 is 11.6 Å². The van der Waals surface area contributed by atoms with Crippen LogP contribution in [-0.2, 0) is 4.79 Å². The predicted octanol–water partition coefficient (Wildman–Crippen LogP) is 2.02. The molecule has 1 amide bonds. The van der Waals surface area contributed by atoms with Crippen molar-refractivity contribution in [2.24, 2.45) is 0 Å². The molecule has 0 saturated carbocycles. The molecule has 1 N–H and O–H groups in total. The maximum absolute atomic E-state index is 12.3. The molecule has 92 valence electrons. The second-order valence-electron chi connectivity index (χ2n) is 4.71. The third kappa shape index (κ3) is 2.20. The number of anilines is 1. The highest BCUT2D eigenvalue weighted by molar-refractivity contribution is 5.99. The first-order chi connectivity index (χ1) is 8.15. The Bertz CT molecular complexity index is 408. The monoisotopic (exact) mass is 232 g/mol. The van der Waals surface area contributed by atoms with Crippen molar-refractivity contribution in [3.05, 3.63) is 29.3 Å². The lowest BCUT2D eigenvalue weighted by atomic mass is 10.0. The summed E-state index contributed by atoms with van der Waals surface area (Å²) in [6, 6.07) is 6.15. The number of para-hydroxylation sites is 1. The van der Waals surface area contributed by atoms with Crippen LogP contribution < -0.4 is 10.2 Å². The van der Waals surface area contributed by atoms with E-state index in [0.29, 0.717) is 0 Å². The van der Waals surface area contributed by atoms with E-state index >= 15 is 0 Å². The van der Waals surface area contributed by atoms with Crippen molar-refractivity contribution in [1.29, 1.82) is 0 Å². The number of amides is 1. The molecular weight excluding hydrogens is 212 g/mol. The average Bonchev–Trinajstić information content (AvgIpc) is 2.31. The van der Waals surface area contributed by atoms with Crippen LogP contribution in [0, 0.1) is 13.8 Å². The van der Waals surface area contributed by atoms with Gasteiger partial charge in [0.15, 0.2) is 0 Å². The molecule has 1 unspecified atom stereocenters. The van der Waals surface area contributed by atoms with Crippen LogP contribution in [0.3, 0.4) is 0 Å². The Morgan fingerprint density at radius 1 is 1.29 bits per heavy atom. The number of rotatable bonds is 2. The second-order valence-corrected chi connectivity index (χ2v) is 4.71. The van der Waals surface area contributed by atoms with Gasteiger partial charge in [0, 0.05) is 12.2 Å². The smallest absolute Gasteiger partial charge is 0.244 e. The fourth-order valence-electron chi connectivity index (χ4n) is 2.60. The molecule has 0 aliphatic carbocycles. The summed E-state index contributed by atoms with van der Waals surface area (Å²) in [5.74, 6) is 0.205. The Hall–Kier alpha value is -1.35. The number of piperidine rings is 1. The van der Waals surface area contributed by atoms with Gasteiger partial charge in [-0.25, -0.2) is 0 Å². The lowest BCUT2D eigenvalue weighted by molar-refractivity contribution is -0.121. The minimum atomic E-state index is -0.0252. The normalized spacial score (nSPS) is 20.8. The van der Waals surface area contributed by atoms with Crippen LogP contribution in [0.25, 0.3) is 0 Å². The number of hydrogen-bond donors (Lipinski definition) is 1. The first-order valence-corrected chi connectivity index (χ1v) is 6.20. The van der Waals surface area contributed by atoms with Gasteiger partial charge in [0.25, 0.3) is 0 Å². The minimum absolute atomic E-state index is 0.0252. The van der Waals surface area contributed by atoms with Crippen molar-refractivity contribution in [1.82, 2.24) is 5.32 Å². The van der Waals surface area contributed by atoms with Gasteiger partial charge in [-0.15, -0.1) is 0 Å². The van der Waals surface area contributed by atoms with Crippen LogP contribution >= 0.6 is 0 Å². The van der Waals surface area contributed by atoms with E-state index in [1.54, 1.807) is 0 Å². The van der Waals surface area contributed by atoms with E-state index < -0.39 is 0 Å². The molecule has 1 aliphatic rings. The van der Waals surface area contributed by atoms with E-state index in [1.165, 1.54) is 11.1 Å². The van der Waals surface area contributed by atoms with Gasteiger partial charge in [0.2, 0.25) is 5.91 Å². The number of aryl methyl sites for hydroxylation is 2. The van der Waals surface area contributed by atoms with Crippen molar-refractivity contribution in [2.45, 2.75) is 32.7 Å². The number of nitrogens with one attached hydrogen (secondary N) is 1. The van der Waals surface area contributed by atoms with Crippen LogP contribution in [-0.4, -0.2) is 25.5 Å². The van der Waals surface area contributed by atoms with Gasteiger partial charge in [0.05, 0.1) is 6.04 Å². The average molecular weight is 232 g/mol. The van der Waals surface area contributed by atoms with Crippen molar-refractivity contribution in [3.63, 3.8) is 0 Å². The molecule has 17 heavy (non-hydrogen) atoms. The third-order valence-electron chi connectivity index (χ3n) is 3.50. The topological polar surface area (TPSA) is 32.3 Å². The number of benzene rings is 1. The summed E-state index contributed by atoms with van der Waals surface area (Å²) in [5.41, 5.74) is 3.45. The van der Waals surface area contributed by atoms with Gasteiger partial charge < -0.3 is 10.2 Å². The summed E-state index contributed by atoms with van der Waals surface area (Å²) in [5, 5.41) is 3.10. The molecule has 1 aromatic rings. The Morgan fingerprint density at radius 3 is 2.53 bits per heavy atom. The third-order valence-corrected chi connectivity index (χ3v) is 3.50.